The number of fused-ring (bicyclic) bond motifs is 1. The number of carbonyl (C=O) groups is 1. The second-order valence-corrected chi connectivity index (χ2v) is 6.92. The first-order valence-electron chi connectivity index (χ1n) is 8.98. The minimum absolute atomic E-state index is 0.0155. The fourth-order valence-electron chi connectivity index (χ4n) is 4.05. The minimum atomic E-state index is -0.437. The molecular weight excluding hydrogens is 360 g/mol. The van der Waals surface area contributed by atoms with Crippen molar-refractivity contribution in [2.75, 3.05) is 12.4 Å². The Balaban J connectivity index is 1.63. The lowest BCUT2D eigenvalue weighted by Gasteiger charge is -2.34. The number of rotatable bonds is 3. The third-order valence-electron chi connectivity index (χ3n) is 5.33. The molecule has 1 aliphatic heterocycles. The summed E-state index contributed by atoms with van der Waals surface area (Å²) in [5.41, 5.74) is 2.28. The molecule has 0 saturated heterocycles. The Morgan fingerprint density at radius 3 is 3.00 bits per heavy atom. The van der Waals surface area contributed by atoms with Crippen LogP contribution in [-0.2, 0) is 4.79 Å². The smallest absolute Gasteiger partial charge is 0.226 e. The van der Waals surface area contributed by atoms with Gasteiger partial charge in [0, 0.05) is 23.6 Å². The zero-order valence-corrected chi connectivity index (χ0v) is 15.1. The number of nitrogens with one attached hydrogen (secondary N) is 1. The summed E-state index contributed by atoms with van der Waals surface area (Å²) in [5.74, 6) is 1.78. The van der Waals surface area contributed by atoms with Gasteiger partial charge in [-0.3, -0.25) is 4.79 Å². The Kier molecular flexibility index (Phi) is 3.71. The summed E-state index contributed by atoms with van der Waals surface area (Å²) >= 11 is 0. The van der Waals surface area contributed by atoms with Gasteiger partial charge in [0.15, 0.2) is 17.3 Å². The van der Waals surface area contributed by atoms with Crippen LogP contribution in [0.3, 0.4) is 0 Å². The molecule has 28 heavy (non-hydrogen) atoms. The molecule has 8 nitrogen and oxygen atoms in total. The van der Waals surface area contributed by atoms with Crippen LogP contribution in [0.25, 0.3) is 0 Å². The molecule has 1 aliphatic carbocycles. The molecule has 2 atom stereocenters. The van der Waals surface area contributed by atoms with E-state index in [4.69, 9.17) is 9.15 Å². The van der Waals surface area contributed by atoms with Crippen molar-refractivity contribution in [1.29, 1.82) is 0 Å². The quantitative estimate of drug-likeness (QED) is 0.722. The lowest BCUT2D eigenvalue weighted by atomic mass is 9.79. The van der Waals surface area contributed by atoms with Crippen molar-refractivity contribution in [3.05, 3.63) is 65.5 Å². The van der Waals surface area contributed by atoms with Crippen molar-refractivity contribution in [2.45, 2.75) is 24.8 Å². The molecule has 0 amide bonds. The number of allylic oxidation sites excluding steroid dienone is 2. The Morgan fingerprint density at radius 2 is 2.21 bits per heavy atom. The number of carbonyl (C=O) groups excluding carboxylic acids is 1. The number of phenolic OH excluding ortho intramolecular Hbond substituents is 1. The van der Waals surface area contributed by atoms with Crippen LogP contribution in [0.2, 0.25) is 0 Å². The first-order chi connectivity index (χ1) is 13.7. The van der Waals surface area contributed by atoms with Crippen LogP contribution in [0.4, 0.5) is 5.95 Å². The maximum absolute atomic E-state index is 13.2. The number of nitrogens with zero attached hydrogens (tertiary/aromatic N) is 3. The second kappa shape index (κ2) is 6.26. The van der Waals surface area contributed by atoms with Gasteiger partial charge in [0.2, 0.25) is 5.95 Å². The SMILES string of the molecule is COc1cc(C2C3=C(CC(c4ccco4)CC3=O)Nc3ncnn32)ccc1O. The molecule has 2 aliphatic rings. The van der Waals surface area contributed by atoms with Gasteiger partial charge in [0.1, 0.15) is 18.1 Å². The van der Waals surface area contributed by atoms with Crippen molar-refractivity contribution in [1.82, 2.24) is 14.8 Å². The zero-order chi connectivity index (χ0) is 19.3. The number of anilines is 1. The van der Waals surface area contributed by atoms with Gasteiger partial charge in [-0.15, -0.1) is 0 Å². The number of Topliss-reactive ketones (excluding diaryl/α,β-unsaturated/α-hetero) is 1. The maximum Gasteiger partial charge on any atom is 0.226 e. The Labute approximate surface area is 160 Å². The average Bonchev–Trinajstić information content (AvgIpc) is 3.38. The van der Waals surface area contributed by atoms with Gasteiger partial charge >= 0.3 is 0 Å². The van der Waals surface area contributed by atoms with Crippen LogP contribution in [-0.4, -0.2) is 32.8 Å². The standard InChI is InChI=1S/C20H18N4O4/c1-27-17-9-11(4-5-14(17)25)19-18-13(23-20-21-10-22-24(19)20)7-12(8-15(18)26)16-3-2-6-28-16/h2-6,9-10,12,19,25H,7-8H2,1H3,(H,21,22,23). The van der Waals surface area contributed by atoms with E-state index in [9.17, 15) is 9.90 Å². The lowest BCUT2D eigenvalue weighted by molar-refractivity contribution is -0.117. The Morgan fingerprint density at radius 1 is 1.32 bits per heavy atom. The van der Waals surface area contributed by atoms with E-state index in [0.29, 0.717) is 30.1 Å². The van der Waals surface area contributed by atoms with Crippen LogP contribution >= 0.6 is 0 Å². The van der Waals surface area contributed by atoms with Crippen molar-refractivity contribution in [2.24, 2.45) is 0 Å². The third-order valence-corrected chi connectivity index (χ3v) is 5.33. The first kappa shape index (κ1) is 16.6. The van der Waals surface area contributed by atoms with Crippen LogP contribution < -0.4 is 10.1 Å². The lowest BCUT2D eigenvalue weighted by Crippen LogP contribution is -2.33. The number of aromatic nitrogens is 3. The molecule has 3 heterocycles. The number of hydrogen-bond acceptors (Lipinski definition) is 7. The van der Waals surface area contributed by atoms with E-state index in [2.05, 4.69) is 15.4 Å². The summed E-state index contributed by atoms with van der Waals surface area (Å²) in [4.78, 5) is 17.5. The Hall–Kier alpha value is -3.55. The summed E-state index contributed by atoms with van der Waals surface area (Å²) in [6.07, 6.45) is 4.09. The van der Waals surface area contributed by atoms with Gasteiger partial charge < -0.3 is 19.6 Å². The number of ether oxygens (including phenoxy) is 1. The molecule has 2 unspecified atom stereocenters. The number of methoxy groups -OCH3 is 1. The molecule has 0 radical (unpaired) electrons. The maximum atomic E-state index is 13.2. The molecule has 0 spiro atoms. The highest BCUT2D eigenvalue weighted by Gasteiger charge is 2.40. The largest absolute Gasteiger partial charge is 0.504 e. The van der Waals surface area contributed by atoms with Gasteiger partial charge in [0.05, 0.1) is 13.4 Å². The minimum Gasteiger partial charge on any atom is -0.504 e. The summed E-state index contributed by atoms with van der Waals surface area (Å²) in [6, 6.07) is 8.36. The molecule has 2 aromatic heterocycles. The molecule has 1 aromatic carbocycles. The van der Waals surface area contributed by atoms with E-state index >= 15 is 0 Å². The summed E-state index contributed by atoms with van der Waals surface area (Å²) in [7, 11) is 1.49. The van der Waals surface area contributed by atoms with Crippen molar-refractivity contribution in [3.63, 3.8) is 0 Å². The molecule has 2 N–H and O–H groups in total. The van der Waals surface area contributed by atoms with E-state index in [0.717, 1.165) is 17.0 Å². The summed E-state index contributed by atoms with van der Waals surface area (Å²) < 4.78 is 12.5. The van der Waals surface area contributed by atoms with Crippen molar-refractivity contribution >= 4 is 11.7 Å². The van der Waals surface area contributed by atoms with Crippen LogP contribution in [0.15, 0.2) is 58.6 Å². The monoisotopic (exact) mass is 378 g/mol. The highest BCUT2D eigenvalue weighted by molar-refractivity contribution is 6.00. The second-order valence-electron chi connectivity index (χ2n) is 6.92. The van der Waals surface area contributed by atoms with Crippen molar-refractivity contribution in [3.8, 4) is 11.5 Å². The van der Waals surface area contributed by atoms with Crippen LogP contribution in [0.1, 0.15) is 36.1 Å². The number of aromatic hydroxyl groups is 1. The Bertz CT molecular complexity index is 1080. The summed E-state index contributed by atoms with van der Waals surface area (Å²) in [6.45, 7) is 0. The number of phenols is 1. The van der Waals surface area contributed by atoms with E-state index < -0.39 is 6.04 Å². The third kappa shape index (κ3) is 2.49. The van der Waals surface area contributed by atoms with Gasteiger partial charge in [-0.25, -0.2) is 4.68 Å². The van der Waals surface area contributed by atoms with E-state index in [-0.39, 0.29) is 17.5 Å². The van der Waals surface area contributed by atoms with Gasteiger partial charge in [-0.05, 0) is 36.2 Å². The highest BCUT2D eigenvalue weighted by atomic mass is 16.5. The molecular formula is C20H18N4O4. The van der Waals surface area contributed by atoms with E-state index in [1.807, 2.05) is 12.1 Å². The number of furan rings is 1. The van der Waals surface area contributed by atoms with Crippen LogP contribution in [0.5, 0.6) is 11.5 Å². The molecule has 0 saturated carbocycles. The van der Waals surface area contributed by atoms with Gasteiger partial charge in [-0.2, -0.15) is 10.1 Å². The fraction of sp³-hybridized carbons (Fsp3) is 0.250. The molecule has 0 bridgehead atoms. The predicted molar refractivity (Wildman–Crippen MR) is 99.2 cm³/mol. The average molecular weight is 378 g/mol. The molecule has 8 heteroatoms. The molecule has 5 rings (SSSR count). The predicted octanol–water partition coefficient (Wildman–Crippen LogP) is 3.00. The number of hydrogen-bond donors (Lipinski definition) is 2. The molecule has 3 aromatic rings. The van der Waals surface area contributed by atoms with Gasteiger partial charge in [-0.1, -0.05) is 6.07 Å². The zero-order valence-electron chi connectivity index (χ0n) is 15.1. The topological polar surface area (TPSA) is 102 Å². The van der Waals surface area contributed by atoms with E-state index in [1.54, 1.807) is 29.1 Å². The first-order valence-corrected chi connectivity index (χ1v) is 8.98. The number of ketones is 1. The number of benzene rings is 1. The van der Waals surface area contributed by atoms with E-state index in [1.165, 1.54) is 13.4 Å². The molecule has 142 valence electrons. The van der Waals surface area contributed by atoms with Gasteiger partial charge in [0.25, 0.3) is 0 Å². The molecule has 0 fully saturated rings. The van der Waals surface area contributed by atoms with Crippen molar-refractivity contribution < 1.29 is 19.1 Å². The summed E-state index contributed by atoms with van der Waals surface area (Å²) in [5, 5.41) is 17.5. The van der Waals surface area contributed by atoms with Crippen LogP contribution in [0, 0.1) is 0 Å². The fourth-order valence-corrected chi connectivity index (χ4v) is 4.05. The highest BCUT2D eigenvalue weighted by Crippen LogP contribution is 2.44. The normalized spacial score (nSPS) is 21.1.